The van der Waals surface area contributed by atoms with Crippen LogP contribution in [0.4, 0.5) is 0 Å². The van der Waals surface area contributed by atoms with E-state index in [1.807, 2.05) is 12.1 Å². The van der Waals surface area contributed by atoms with E-state index in [1.165, 1.54) is 43.4 Å². The van der Waals surface area contributed by atoms with Crippen molar-refractivity contribution >= 4 is 0 Å². The monoisotopic (exact) mass is 255 g/mol. The predicted molar refractivity (Wildman–Crippen MR) is 78.5 cm³/mol. The van der Waals surface area contributed by atoms with Crippen LogP contribution in [0.25, 0.3) is 11.3 Å². The highest BCUT2D eigenvalue weighted by molar-refractivity contribution is 5.61. The number of benzene rings is 1. The minimum absolute atomic E-state index is 0.681. The number of ether oxygens (including phenoxy) is 1. The van der Waals surface area contributed by atoms with Gasteiger partial charge in [0, 0.05) is 17.9 Å². The van der Waals surface area contributed by atoms with Crippen molar-refractivity contribution in [3.05, 3.63) is 42.6 Å². The molecule has 19 heavy (non-hydrogen) atoms. The third-order valence-electron chi connectivity index (χ3n) is 4.13. The number of hydrogen-bond donors (Lipinski definition) is 0. The highest BCUT2D eigenvalue weighted by Gasteiger charge is 2.17. The molecule has 0 unspecified atom stereocenters. The van der Waals surface area contributed by atoms with Gasteiger partial charge in [-0.2, -0.15) is 0 Å². The SMILES string of the molecule is COc1ccc(-c2cccn2C2CCCCC2)cc1. The van der Waals surface area contributed by atoms with Gasteiger partial charge >= 0.3 is 0 Å². The van der Waals surface area contributed by atoms with Gasteiger partial charge in [-0.05, 0) is 54.8 Å². The topological polar surface area (TPSA) is 14.2 Å². The first kappa shape index (κ1) is 12.3. The summed E-state index contributed by atoms with van der Waals surface area (Å²) < 4.78 is 7.69. The maximum Gasteiger partial charge on any atom is 0.118 e. The average Bonchev–Trinajstić information content (AvgIpc) is 2.98. The van der Waals surface area contributed by atoms with E-state index in [4.69, 9.17) is 4.74 Å². The molecule has 1 saturated carbocycles. The minimum atomic E-state index is 0.681. The molecule has 1 aliphatic rings. The third-order valence-corrected chi connectivity index (χ3v) is 4.13. The molecule has 0 bridgehead atoms. The molecular formula is C17H21NO. The normalized spacial score (nSPS) is 16.5. The summed E-state index contributed by atoms with van der Waals surface area (Å²) in [5, 5.41) is 0. The van der Waals surface area contributed by atoms with Gasteiger partial charge in [-0.3, -0.25) is 0 Å². The van der Waals surface area contributed by atoms with E-state index in [-0.39, 0.29) is 0 Å². The Morgan fingerprint density at radius 3 is 2.42 bits per heavy atom. The molecule has 0 N–H and O–H groups in total. The van der Waals surface area contributed by atoms with Crippen molar-refractivity contribution in [3.8, 4) is 17.0 Å². The summed E-state index contributed by atoms with van der Waals surface area (Å²) in [5.41, 5.74) is 2.60. The molecule has 1 heterocycles. The zero-order valence-corrected chi connectivity index (χ0v) is 11.5. The maximum atomic E-state index is 5.23. The molecule has 100 valence electrons. The van der Waals surface area contributed by atoms with Crippen LogP contribution in [0.3, 0.4) is 0 Å². The zero-order chi connectivity index (χ0) is 13.1. The highest BCUT2D eigenvalue weighted by atomic mass is 16.5. The number of methoxy groups -OCH3 is 1. The van der Waals surface area contributed by atoms with Crippen LogP contribution in [0.5, 0.6) is 5.75 Å². The molecule has 0 spiro atoms. The summed E-state index contributed by atoms with van der Waals surface area (Å²) in [4.78, 5) is 0. The smallest absolute Gasteiger partial charge is 0.118 e. The van der Waals surface area contributed by atoms with Crippen LogP contribution >= 0.6 is 0 Å². The molecule has 0 radical (unpaired) electrons. The van der Waals surface area contributed by atoms with Crippen LogP contribution in [0.15, 0.2) is 42.6 Å². The molecule has 0 saturated heterocycles. The van der Waals surface area contributed by atoms with E-state index in [0.29, 0.717) is 6.04 Å². The van der Waals surface area contributed by atoms with Gasteiger partial charge in [-0.25, -0.2) is 0 Å². The number of rotatable bonds is 3. The van der Waals surface area contributed by atoms with Crippen molar-refractivity contribution in [3.63, 3.8) is 0 Å². The first-order valence-corrected chi connectivity index (χ1v) is 7.20. The van der Waals surface area contributed by atoms with Crippen LogP contribution in [0.2, 0.25) is 0 Å². The Balaban J connectivity index is 1.89. The molecule has 0 amide bonds. The summed E-state index contributed by atoms with van der Waals surface area (Å²) in [7, 11) is 1.71. The quantitative estimate of drug-likeness (QED) is 0.777. The van der Waals surface area contributed by atoms with Crippen molar-refractivity contribution in [2.75, 3.05) is 7.11 Å². The lowest BCUT2D eigenvalue weighted by Crippen LogP contribution is -2.12. The van der Waals surface area contributed by atoms with Gasteiger partial charge in [0.1, 0.15) is 5.75 Å². The first-order valence-electron chi connectivity index (χ1n) is 7.20. The summed E-state index contributed by atoms with van der Waals surface area (Å²) in [6, 6.07) is 13.4. The van der Waals surface area contributed by atoms with E-state index in [9.17, 15) is 0 Å². The molecule has 1 aromatic heterocycles. The molecule has 1 aromatic carbocycles. The fraction of sp³-hybridized carbons (Fsp3) is 0.412. The van der Waals surface area contributed by atoms with E-state index < -0.39 is 0 Å². The Kier molecular flexibility index (Phi) is 3.58. The molecule has 0 aliphatic heterocycles. The van der Waals surface area contributed by atoms with Gasteiger partial charge in [0.15, 0.2) is 0 Å². The van der Waals surface area contributed by atoms with Crippen LogP contribution < -0.4 is 4.74 Å². The molecular weight excluding hydrogens is 234 g/mol. The Morgan fingerprint density at radius 1 is 1.00 bits per heavy atom. The second kappa shape index (κ2) is 5.52. The van der Waals surface area contributed by atoms with Crippen LogP contribution in [0.1, 0.15) is 38.1 Å². The lowest BCUT2D eigenvalue weighted by atomic mass is 9.95. The molecule has 2 nitrogen and oxygen atoms in total. The second-order valence-electron chi connectivity index (χ2n) is 5.32. The Bertz CT molecular complexity index is 520. The van der Waals surface area contributed by atoms with E-state index in [2.05, 4.69) is 35.0 Å². The molecule has 2 heteroatoms. The summed E-state index contributed by atoms with van der Waals surface area (Å²) in [5.74, 6) is 0.916. The molecule has 3 rings (SSSR count). The number of nitrogens with zero attached hydrogens (tertiary/aromatic N) is 1. The highest BCUT2D eigenvalue weighted by Crippen LogP contribution is 2.33. The molecule has 1 fully saturated rings. The molecule has 0 atom stereocenters. The van der Waals surface area contributed by atoms with E-state index in [0.717, 1.165) is 5.75 Å². The van der Waals surface area contributed by atoms with Crippen molar-refractivity contribution < 1.29 is 4.74 Å². The van der Waals surface area contributed by atoms with Gasteiger partial charge in [-0.1, -0.05) is 19.3 Å². The predicted octanol–water partition coefficient (Wildman–Crippen LogP) is 4.67. The molecule has 2 aromatic rings. The second-order valence-corrected chi connectivity index (χ2v) is 5.32. The van der Waals surface area contributed by atoms with Gasteiger partial charge in [0.05, 0.1) is 7.11 Å². The standard InChI is InChI=1S/C17H21NO/c1-19-16-11-9-14(10-12-16)17-8-5-13-18(17)15-6-3-2-4-7-15/h5,8-13,15H,2-4,6-7H2,1H3. The van der Waals surface area contributed by atoms with Crippen molar-refractivity contribution in [2.24, 2.45) is 0 Å². The third kappa shape index (κ3) is 2.53. The fourth-order valence-electron chi connectivity index (χ4n) is 3.08. The molecule has 1 aliphatic carbocycles. The van der Waals surface area contributed by atoms with Crippen molar-refractivity contribution in [1.29, 1.82) is 0 Å². The lowest BCUT2D eigenvalue weighted by molar-refractivity contribution is 0.356. The van der Waals surface area contributed by atoms with Gasteiger partial charge in [0.2, 0.25) is 0 Å². The number of aromatic nitrogens is 1. The Morgan fingerprint density at radius 2 is 1.74 bits per heavy atom. The first-order chi connectivity index (χ1) is 9.38. The van der Waals surface area contributed by atoms with Crippen LogP contribution in [-0.2, 0) is 0 Å². The van der Waals surface area contributed by atoms with Crippen LogP contribution in [-0.4, -0.2) is 11.7 Å². The van der Waals surface area contributed by atoms with Crippen molar-refractivity contribution in [1.82, 2.24) is 4.57 Å². The summed E-state index contributed by atoms with van der Waals surface area (Å²) in [6.07, 6.45) is 9.00. The maximum absolute atomic E-state index is 5.23. The lowest BCUT2D eigenvalue weighted by Gasteiger charge is -2.25. The summed E-state index contributed by atoms with van der Waals surface area (Å²) >= 11 is 0. The zero-order valence-electron chi connectivity index (χ0n) is 11.5. The van der Waals surface area contributed by atoms with Gasteiger partial charge in [-0.15, -0.1) is 0 Å². The van der Waals surface area contributed by atoms with Gasteiger partial charge < -0.3 is 9.30 Å². The van der Waals surface area contributed by atoms with E-state index >= 15 is 0 Å². The van der Waals surface area contributed by atoms with Gasteiger partial charge in [0.25, 0.3) is 0 Å². The Hall–Kier alpha value is -1.70. The van der Waals surface area contributed by atoms with Crippen LogP contribution in [0, 0.1) is 0 Å². The minimum Gasteiger partial charge on any atom is -0.497 e. The fourth-order valence-corrected chi connectivity index (χ4v) is 3.08. The Labute approximate surface area is 115 Å². The largest absolute Gasteiger partial charge is 0.497 e. The number of hydrogen-bond acceptors (Lipinski definition) is 1. The van der Waals surface area contributed by atoms with Crippen molar-refractivity contribution in [2.45, 2.75) is 38.1 Å². The average molecular weight is 255 g/mol. The van der Waals surface area contributed by atoms with E-state index in [1.54, 1.807) is 7.11 Å². The summed E-state index contributed by atoms with van der Waals surface area (Å²) in [6.45, 7) is 0.